The van der Waals surface area contributed by atoms with Crippen molar-refractivity contribution in [3.8, 4) is 0 Å². The molecule has 0 aromatic carbocycles. The fourth-order valence-corrected chi connectivity index (χ4v) is 1.90. The van der Waals surface area contributed by atoms with Gasteiger partial charge in [0, 0.05) is 19.3 Å². The molecule has 1 aromatic heterocycles. The summed E-state index contributed by atoms with van der Waals surface area (Å²) < 4.78 is 0. The first-order chi connectivity index (χ1) is 8.08. The summed E-state index contributed by atoms with van der Waals surface area (Å²) in [6, 6.07) is 1.40. The van der Waals surface area contributed by atoms with Gasteiger partial charge in [-0.2, -0.15) is 0 Å². The minimum absolute atomic E-state index is 0.0368. The van der Waals surface area contributed by atoms with Crippen molar-refractivity contribution >= 4 is 35.0 Å². The van der Waals surface area contributed by atoms with Crippen LogP contribution in [0.3, 0.4) is 0 Å². The highest BCUT2D eigenvalue weighted by molar-refractivity contribution is 6.35. The summed E-state index contributed by atoms with van der Waals surface area (Å²) in [6.07, 6.45) is 1.32. The minimum atomic E-state index is -0.311. The van der Waals surface area contributed by atoms with E-state index in [2.05, 4.69) is 10.3 Å². The maximum absolute atomic E-state index is 12.1. The fraction of sp³-hybridized carbons (Fsp3) is 0.300. The van der Waals surface area contributed by atoms with Gasteiger partial charge in [-0.25, -0.2) is 4.98 Å². The summed E-state index contributed by atoms with van der Waals surface area (Å²) in [6.45, 7) is 0.941. The maximum Gasteiger partial charge on any atom is 0.256 e. The van der Waals surface area contributed by atoms with Crippen LogP contribution in [0.4, 0.5) is 0 Å². The van der Waals surface area contributed by atoms with E-state index in [0.717, 1.165) is 0 Å². The predicted octanol–water partition coefficient (Wildman–Crippen LogP) is 0.960. The number of pyridine rings is 1. The molecular formula is C10H9Cl2N3O2. The zero-order chi connectivity index (χ0) is 12.4. The second-order valence-electron chi connectivity index (χ2n) is 3.56. The van der Waals surface area contributed by atoms with Gasteiger partial charge in [-0.15, -0.1) is 0 Å². The normalized spacial score (nSPS) is 15.6. The second kappa shape index (κ2) is 4.89. The average Bonchev–Trinajstić information content (AvgIpc) is 2.31. The van der Waals surface area contributed by atoms with Crippen molar-refractivity contribution < 1.29 is 9.59 Å². The minimum Gasteiger partial charge on any atom is -0.353 e. The lowest BCUT2D eigenvalue weighted by Crippen LogP contribution is -2.50. The van der Waals surface area contributed by atoms with E-state index < -0.39 is 0 Å². The summed E-state index contributed by atoms with van der Waals surface area (Å²) >= 11 is 11.6. The molecule has 2 amide bonds. The van der Waals surface area contributed by atoms with Gasteiger partial charge in [0.2, 0.25) is 5.91 Å². The zero-order valence-corrected chi connectivity index (χ0v) is 10.3. The third-order valence-corrected chi connectivity index (χ3v) is 2.89. The van der Waals surface area contributed by atoms with Gasteiger partial charge in [-0.3, -0.25) is 9.59 Å². The lowest BCUT2D eigenvalue weighted by Gasteiger charge is -2.26. The van der Waals surface area contributed by atoms with Gasteiger partial charge in [0.05, 0.1) is 17.1 Å². The fourth-order valence-electron chi connectivity index (χ4n) is 1.56. The Bertz CT molecular complexity index is 479. The number of halogens is 2. The lowest BCUT2D eigenvalue weighted by atomic mass is 10.2. The molecule has 7 heteroatoms. The van der Waals surface area contributed by atoms with Gasteiger partial charge in [-0.05, 0) is 6.07 Å². The van der Waals surface area contributed by atoms with Gasteiger partial charge < -0.3 is 10.2 Å². The molecule has 5 nitrogen and oxygen atoms in total. The van der Waals surface area contributed by atoms with Crippen molar-refractivity contribution in [2.45, 2.75) is 0 Å². The Balaban J connectivity index is 2.24. The average molecular weight is 274 g/mol. The summed E-state index contributed by atoms with van der Waals surface area (Å²) in [5.74, 6) is -0.491. The van der Waals surface area contributed by atoms with Crippen LogP contribution < -0.4 is 5.32 Å². The largest absolute Gasteiger partial charge is 0.353 e. The molecule has 0 aliphatic carbocycles. The van der Waals surface area contributed by atoms with E-state index in [-0.39, 0.29) is 34.1 Å². The van der Waals surface area contributed by atoms with Gasteiger partial charge >= 0.3 is 0 Å². The molecule has 0 spiro atoms. The van der Waals surface area contributed by atoms with Crippen LogP contribution in [-0.2, 0) is 4.79 Å². The number of hydrogen-bond acceptors (Lipinski definition) is 3. The van der Waals surface area contributed by atoms with Crippen LogP contribution in [0.1, 0.15) is 10.4 Å². The molecule has 0 radical (unpaired) electrons. The van der Waals surface area contributed by atoms with Crippen LogP contribution in [-0.4, -0.2) is 41.3 Å². The van der Waals surface area contributed by atoms with Crippen molar-refractivity contribution in [2.75, 3.05) is 19.6 Å². The number of nitrogens with zero attached hydrogens (tertiary/aromatic N) is 2. The first-order valence-corrected chi connectivity index (χ1v) is 5.70. The first kappa shape index (κ1) is 12.1. The van der Waals surface area contributed by atoms with E-state index in [1.54, 1.807) is 0 Å². The maximum atomic E-state index is 12.1. The van der Waals surface area contributed by atoms with Gasteiger partial charge in [0.1, 0.15) is 5.15 Å². The molecule has 2 heterocycles. The molecular weight excluding hydrogens is 265 g/mol. The Morgan fingerprint density at radius 2 is 2.24 bits per heavy atom. The zero-order valence-electron chi connectivity index (χ0n) is 8.74. The number of piperazine rings is 1. The molecule has 1 fully saturated rings. The number of rotatable bonds is 1. The summed E-state index contributed by atoms with van der Waals surface area (Å²) in [7, 11) is 0. The molecule has 2 rings (SSSR count). The highest BCUT2D eigenvalue weighted by atomic mass is 35.5. The van der Waals surface area contributed by atoms with E-state index in [1.807, 2.05) is 0 Å². The second-order valence-corrected chi connectivity index (χ2v) is 4.36. The van der Waals surface area contributed by atoms with Crippen molar-refractivity contribution in [3.63, 3.8) is 0 Å². The Kier molecular flexibility index (Phi) is 3.49. The van der Waals surface area contributed by atoms with Gasteiger partial charge in [-0.1, -0.05) is 23.2 Å². The Labute approximate surface area is 108 Å². The lowest BCUT2D eigenvalue weighted by molar-refractivity contribution is -0.123. The quantitative estimate of drug-likeness (QED) is 0.776. The van der Waals surface area contributed by atoms with Crippen molar-refractivity contribution in [1.29, 1.82) is 0 Å². The van der Waals surface area contributed by atoms with E-state index in [4.69, 9.17) is 23.2 Å². The summed E-state index contributed by atoms with van der Waals surface area (Å²) in [5, 5.41) is 3.06. The molecule has 1 saturated heterocycles. The van der Waals surface area contributed by atoms with E-state index in [1.165, 1.54) is 17.2 Å². The molecule has 1 aliphatic heterocycles. The van der Waals surface area contributed by atoms with Crippen LogP contribution in [0.2, 0.25) is 10.2 Å². The molecule has 0 bridgehead atoms. The Hall–Kier alpha value is -1.33. The number of carbonyl (C=O) groups excluding carboxylic acids is 2. The van der Waals surface area contributed by atoms with Gasteiger partial charge in [0.15, 0.2) is 0 Å². The van der Waals surface area contributed by atoms with Crippen LogP contribution in [0.25, 0.3) is 0 Å². The standard InChI is InChI=1S/C10H9Cl2N3O2/c11-7-4-14-8(12)3-6(7)10(17)15-2-1-13-9(16)5-15/h3-4H,1-2,5H2,(H,13,16). The molecule has 0 unspecified atom stereocenters. The van der Waals surface area contributed by atoms with E-state index in [9.17, 15) is 9.59 Å². The molecule has 1 aliphatic rings. The predicted molar refractivity (Wildman–Crippen MR) is 63.2 cm³/mol. The summed E-state index contributed by atoms with van der Waals surface area (Å²) in [5.41, 5.74) is 0.265. The van der Waals surface area contributed by atoms with Crippen LogP contribution in [0, 0.1) is 0 Å². The van der Waals surface area contributed by atoms with Crippen molar-refractivity contribution in [2.24, 2.45) is 0 Å². The molecule has 0 saturated carbocycles. The number of nitrogens with one attached hydrogen (secondary N) is 1. The van der Waals surface area contributed by atoms with Crippen molar-refractivity contribution in [3.05, 3.63) is 28.0 Å². The topological polar surface area (TPSA) is 62.3 Å². The van der Waals surface area contributed by atoms with Crippen LogP contribution in [0.5, 0.6) is 0 Å². The molecule has 90 valence electrons. The van der Waals surface area contributed by atoms with Gasteiger partial charge in [0.25, 0.3) is 5.91 Å². The summed E-state index contributed by atoms with van der Waals surface area (Å²) in [4.78, 5) is 28.5. The highest BCUT2D eigenvalue weighted by Gasteiger charge is 2.24. The number of amides is 2. The molecule has 1 N–H and O–H groups in total. The number of carbonyl (C=O) groups is 2. The third kappa shape index (κ3) is 2.68. The highest BCUT2D eigenvalue weighted by Crippen LogP contribution is 2.20. The van der Waals surface area contributed by atoms with E-state index >= 15 is 0 Å². The Morgan fingerprint density at radius 3 is 2.94 bits per heavy atom. The van der Waals surface area contributed by atoms with E-state index in [0.29, 0.717) is 13.1 Å². The molecule has 17 heavy (non-hydrogen) atoms. The third-order valence-electron chi connectivity index (χ3n) is 2.38. The van der Waals surface area contributed by atoms with Crippen LogP contribution in [0.15, 0.2) is 12.3 Å². The Morgan fingerprint density at radius 1 is 1.47 bits per heavy atom. The first-order valence-electron chi connectivity index (χ1n) is 4.95. The number of aromatic nitrogens is 1. The molecule has 0 atom stereocenters. The smallest absolute Gasteiger partial charge is 0.256 e. The SMILES string of the molecule is O=C1CN(C(=O)c2cc(Cl)ncc2Cl)CCN1. The van der Waals surface area contributed by atoms with Crippen molar-refractivity contribution in [1.82, 2.24) is 15.2 Å². The molecule has 1 aromatic rings. The number of hydrogen-bond donors (Lipinski definition) is 1. The monoisotopic (exact) mass is 273 g/mol. The van der Waals surface area contributed by atoms with Crippen LogP contribution >= 0.6 is 23.2 Å².